The van der Waals surface area contributed by atoms with Crippen LogP contribution in [-0.2, 0) is 25.8 Å². The largest absolute Gasteiger partial charge is 0.376 e. The molecular formula is C21H22N2O4S2. The molecule has 152 valence electrons. The molecule has 4 rings (SSSR count). The van der Waals surface area contributed by atoms with Crippen LogP contribution in [0.15, 0.2) is 53.4 Å². The third kappa shape index (κ3) is 4.66. The third-order valence-corrected chi connectivity index (χ3v) is 7.12. The number of nitrogens with zero attached hydrogens (tertiary/aromatic N) is 2. The molecule has 0 aliphatic carbocycles. The first-order chi connectivity index (χ1) is 13.9. The molecule has 1 aliphatic rings. The van der Waals surface area contributed by atoms with E-state index in [1.165, 1.54) is 17.6 Å². The number of ether oxygens (including phenoxy) is 1. The summed E-state index contributed by atoms with van der Waals surface area (Å²) in [5.74, 6) is -0.0772. The molecule has 0 spiro atoms. The van der Waals surface area contributed by atoms with Crippen LogP contribution in [-0.4, -0.2) is 44.8 Å². The molecule has 0 saturated carbocycles. The molecule has 8 heteroatoms. The van der Waals surface area contributed by atoms with E-state index in [0.717, 1.165) is 35.2 Å². The van der Waals surface area contributed by atoms with Crippen LogP contribution in [0.5, 0.6) is 0 Å². The number of hydrogen-bond donors (Lipinski definition) is 0. The Morgan fingerprint density at radius 2 is 1.97 bits per heavy atom. The standard InChI is InChI=1S/C21H22N2O4S2/c1-29(25,26)17-10-8-15(9-11-17)13-20(24)23(14-16-5-4-12-27-16)21-22-18-6-2-3-7-19(18)28-21/h2-3,6-11,16H,4-5,12-14H2,1H3. The number of carbonyl (C=O) groups excluding carboxylic acids is 1. The molecule has 2 heterocycles. The Morgan fingerprint density at radius 1 is 1.21 bits per heavy atom. The zero-order valence-electron chi connectivity index (χ0n) is 16.1. The van der Waals surface area contributed by atoms with Gasteiger partial charge in [-0.15, -0.1) is 0 Å². The first-order valence-electron chi connectivity index (χ1n) is 9.47. The minimum atomic E-state index is -3.26. The van der Waals surface area contributed by atoms with E-state index in [-0.39, 0.29) is 23.3 Å². The summed E-state index contributed by atoms with van der Waals surface area (Å²) in [6.45, 7) is 1.19. The zero-order chi connectivity index (χ0) is 20.4. The van der Waals surface area contributed by atoms with E-state index in [0.29, 0.717) is 11.7 Å². The Morgan fingerprint density at radius 3 is 2.62 bits per heavy atom. The van der Waals surface area contributed by atoms with Gasteiger partial charge >= 0.3 is 0 Å². The number of sulfone groups is 1. The van der Waals surface area contributed by atoms with Gasteiger partial charge in [-0.25, -0.2) is 13.4 Å². The van der Waals surface area contributed by atoms with Gasteiger partial charge in [0.25, 0.3) is 0 Å². The maximum Gasteiger partial charge on any atom is 0.233 e. The summed E-state index contributed by atoms with van der Waals surface area (Å²) < 4.78 is 30.1. The van der Waals surface area contributed by atoms with Crippen LogP contribution >= 0.6 is 11.3 Å². The normalized spacial score (nSPS) is 16.9. The van der Waals surface area contributed by atoms with Gasteiger partial charge in [0.05, 0.1) is 34.2 Å². The fourth-order valence-electron chi connectivity index (χ4n) is 3.38. The lowest BCUT2D eigenvalue weighted by atomic mass is 10.1. The molecule has 0 N–H and O–H groups in total. The molecule has 29 heavy (non-hydrogen) atoms. The maximum absolute atomic E-state index is 13.2. The van der Waals surface area contributed by atoms with E-state index in [1.807, 2.05) is 24.3 Å². The van der Waals surface area contributed by atoms with Gasteiger partial charge in [-0.05, 0) is 42.7 Å². The average molecular weight is 431 g/mol. The lowest BCUT2D eigenvalue weighted by molar-refractivity contribution is -0.118. The summed E-state index contributed by atoms with van der Waals surface area (Å²) in [6.07, 6.45) is 3.28. The maximum atomic E-state index is 13.2. The van der Waals surface area contributed by atoms with Gasteiger partial charge in [-0.2, -0.15) is 0 Å². The Bertz CT molecular complexity index is 1080. The lowest BCUT2D eigenvalue weighted by Gasteiger charge is -2.23. The highest BCUT2D eigenvalue weighted by molar-refractivity contribution is 7.90. The van der Waals surface area contributed by atoms with Crippen molar-refractivity contribution in [3.05, 3.63) is 54.1 Å². The summed E-state index contributed by atoms with van der Waals surface area (Å²) in [5.41, 5.74) is 1.64. The summed E-state index contributed by atoms with van der Waals surface area (Å²) in [4.78, 5) is 19.8. The average Bonchev–Trinajstić information content (AvgIpc) is 3.35. The molecule has 0 bridgehead atoms. The van der Waals surface area contributed by atoms with Crippen molar-refractivity contribution in [1.29, 1.82) is 0 Å². The van der Waals surface area contributed by atoms with E-state index in [9.17, 15) is 13.2 Å². The van der Waals surface area contributed by atoms with Gasteiger partial charge in [0.15, 0.2) is 15.0 Å². The number of fused-ring (bicyclic) bond motifs is 1. The highest BCUT2D eigenvalue weighted by Crippen LogP contribution is 2.30. The molecule has 1 fully saturated rings. The molecule has 3 aromatic rings. The van der Waals surface area contributed by atoms with Gasteiger partial charge in [0, 0.05) is 12.9 Å². The van der Waals surface area contributed by atoms with E-state index in [1.54, 1.807) is 29.2 Å². The summed E-state index contributed by atoms with van der Waals surface area (Å²) in [5, 5.41) is 0.666. The molecule has 1 atom stereocenters. The van der Waals surface area contributed by atoms with Gasteiger partial charge in [-0.1, -0.05) is 35.6 Å². The highest BCUT2D eigenvalue weighted by Gasteiger charge is 2.26. The Hall–Kier alpha value is -2.29. The second-order valence-corrected chi connectivity index (χ2v) is 10.2. The molecular weight excluding hydrogens is 408 g/mol. The number of carbonyl (C=O) groups is 1. The summed E-state index contributed by atoms with van der Waals surface area (Å²) in [6, 6.07) is 14.3. The monoisotopic (exact) mass is 430 g/mol. The lowest BCUT2D eigenvalue weighted by Crippen LogP contribution is -2.38. The molecule has 1 unspecified atom stereocenters. The summed E-state index contributed by atoms with van der Waals surface area (Å²) in [7, 11) is -3.26. The zero-order valence-corrected chi connectivity index (χ0v) is 17.7. The number of benzene rings is 2. The van der Waals surface area contributed by atoms with Gasteiger partial charge in [0.2, 0.25) is 5.91 Å². The molecule has 2 aromatic carbocycles. The van der Waals surface area contributed by atoms with E-state index >= 15 is 0 Å². The second kappa shape index (κ2) is 8.22. The quantitative estimate of drug-likeness (QED) is 0.599. The first kappa shape index (κ1) is 20.0. The molecule has 1 saturated heterocycles. The Labute approximate surface area is 174 Å². The second-order valence-electron chi connectivity index (χ2n) is 7.20. The van der Waals surface area contributed by atoms with Crippen LogP contribution in [0.4, 0.5) is 5.13 Å². The third-order valence-electron chi connectivity index (χ3n) is 4.93. The van der Waals surface area contributed by atoms with Gasteiger partial charge < -0.3 is 4.74 Å². The first-order valence-corrected chi connectivity index (χ1v) is 12.2. The number of amides is 1. The van der Waals surface area contributed by atoms with Crippen molar-refractivity contribution < 1.29 is 17.9 Å². The van der Waals surface area contributed by atoms with Crippen molar-refractivity contribution in [2.45, 2.75) is 30.3 Å². The van der Waals surface area contributed by atoms with Crippen molar-refractivity contribution in [3.63, 3.8) is 0 Å². The Kier molecular flexibility index (Phi) is 5.67. The van der Waals surface area contributed by atoms with Crippen LogP contribution in [0.1, 0.15) is 18.4 Å². The highest BCUT2D eigenvalue weighted by atomic mass is 32.2. The predicted molar refractivity (Wildman–Crippen MR) is 114 cm³/mol. The molecule has 1 aliphatic heterocycles. The number of anilines is 1. The van der Waals surface area contributed by atoms with E-state index in [4.69, 9.17) is 4.74 Å². The van der Waals surface area contributed by atoms with Crippen molar-refractivity contribution >= 4 is 42.4 Å². The number of rotatable bonds is 6. The number of hydrogen-bond acceptors (Lipinski definition) is 6. The minimum Gasteiger partial charge on any atom is -0.376 e. The number of thiazole rings is 1. The Balaban J connectivity index is 1.58. The van der Waals surface area contributed by atoms with Crippen LogP contribution in [0.25, 0.3) is 10.2 Å². The fraction of sp³-hybridized carbons (Fsp3) is 0.333. The minimum absolute atomic E-state index is 0.0126. The molecule has 1 aromatic heterocycles. The molecule has 1 amide bonds. The van der Waals surface area contributed by atoms with Crippen molar-refractivity contribution in [2.24, 2.45) is 0 Å². The van der Waals surface area contributed by atoms with E-state index < -0.39 is 9.84 Å². The van der Waals surface area contributed by atoms with Gasteiger partial charge in [0.1, 0.15) is 0 Å². The molecule has 6 nitrogen and oxygen atoms in total. The SMILES string of the molecule is CS(=O)(=O)c1ccc(CC(=O)N(CC2CCCO2)c2nc3ccccc3s2)cc1. The topological polar surface area (TPSA) is 76.6 Å². The van der Waals surface area contributed by atoms with Crippen molar-refractivity contribution in [1.82, 2.24) is 4.98 Å². The number of para-hydroxylation sites is 1. The predicted octanol–water partition coefficient (Wildman–Crippen LogP) is 3.45. The smallest absolute Gasteiger partial charge is 0.233 e. The van der Waals surface area contributed by atoms with Crippen molar-refractivity contribution in [3.8, 4) is 0 Å². The van der Waals surface area contributed by atoms with Crippen LogP contribution in [0, 0.1) is 0 Å². The van der Waals surface area contributed by atoms with Crippen LogP contribution in [0.3, 0.4) is 0 Å². The van der Waals surface area contributed by atoms with E-state index in [2.05, 4.69) is 4.98 Å². The summed E-state index contributed by atoms with van der Waals surface area (Å²) >= 11 is 1.49. The van der Waals surface area contributed by atoms with Crippen molar-refractivity contribution in [2.75, 3.05) is 24.3 Å². The van der Waals surface area contributed by atoms with Crippen LogP contribution in [0.2, 0.25) is 0 Å². The molecule has 0 radical (unpaired) electrons. The fourth-order valence-corrected chi connectivity index (χ4v) is 5.00. The van der Waals surface area contributed by atoms with Gasteiger partial charge in [-0.3, -0.25) is 9.69 Å². The van der Waals surface area contributed by atoms with Crippen LogP contribution < -0.4 is 4.90 Å². The number of aromatic nitrogens is 1.